The number of rotatable bonds is 6. The lowest BCUT2D eigenvalue weighted by Crippen LogP contribution is -2.18. The Balaban J connectivity index is 2.78. The first-order valence-corrected chi connectivity index (χ1v) is 8.22. The minimum Gasteiger partial charge on any atom is -0.383 e. The van der Waals surface area contributed by atoms with E-state index in [4.69, 9.17) is 0 Å². The quantitative estimate of drug-likeness (QED) is 0.792. The molecular weight excluding hydrogens is 340 g/mol. The van der Waals surface area contributed by atoms with Gasteiger partial charge in [0.1, 0.15) is 0 Å². The van der Waals surface area contributed by atoms with E-state index < -0.39 is 15.6 Å². The highest BCUT2D eigenvalue weighted by atomic mass is 79.9. The molecule has 0 aliphatic rings. The van der Waals surface area contributed by atoms with Crippen LogP contribution in [-0.2, 0) is 9.84 Å². The molecule has 0 saturated carbocycles. The van der Waals surface area contributed by atoms with E-state index in [0.717, 1.165) is 6.42 Å². The zero-order valence-electron chi connectivity index (χ0n) is 10.6. The van der Waals surface area contributed by atoms with Crippen LogP contribution in [0.4, 0.5) is 14.5 Å². The van der Waals surface area contributed by atoms with Gasteiger partial charge in [-0.05, 0) is 37.6 Å². The molecule has 0 aromatic heterocycles. The van der Waals surface area contributed by atoms with Crippen molar-refractivity contribution in [3.63, 3.8) is 0 Å². The van der Waals surface area contributed by atoms with Gasteiger partial charge in [-0.2, -0.15) is 8.78 Å². The topological polar surface area (TPSA) is 46.2 Å². The second-order valence-corrected chi connectivity index (χ2v) is 7.87. The molecule has 1 aromatic carbocycles. The summed E-state index contributed by atoms with van der Waals surface area (Å²) in [6.07, 6.45) is 0.886. The number of hydrogen-bond donors (Lipinski definition) is 1. The lowest BCUT2D eigenvalue weighted by atomic mass is 10.2. The van der Waals surface area contributed by atoms with Gasteiger partial charge in [-0.3, -0.25) is 0 Å². The summed E-state index contributed by atoms with van der Waals surface area (Å²) in [5.74, 6) is -3.39. The highest BCUT2D eigenvalue weighted by Gasteiger charge is 2.26. The zero-order chi connectivity index (χ0) is 14.6. The minimum absolute atomic E-state index is 0.187. The summed E-state index contributed by atoms with van der Waals surface area (Å²) in [5, 5.41) is 3.17. The van der Waals surface area contributed by atoms with Gasteiger partial charge in [0.2, 0.25) is 9.84 Å². The molecule has 1 N–H and O–H groups in total. The predicted octanol–water partition coefficient (Wildman–Crippen LogP) is 3.66. The molecule has 0 fully saturated rings. The normalized spacial score (nSPS) is 15.3. The lowest BCUT2D eigenvalue weighted by molar-refractivity contribution is 0.234. The van der Waals surface area contributed by atoms with Crippen LogP contribution in [0.1, 0.15) is 20.3 Å². The fourth-order valence-electron chi connectivity index (χ4n) is 1.67. The number of sulfone groups is 1. The largest absolute Gasteiger partial charge is 0.383 e. The van der Waals surface area contributed by atoms with Gasteiger partial charge in [0, 0.05) is 16.6 Å². The Morgan fingerprint density at radius 2 is 1.74 bits per heavy atom. The van der Waals surface area contributed by atoms with Crippen molar-refractivity contribution in [1.29, 1.82) is 0 Å². The molecule has 0 radical (unpaired) electrons. The standard InChI is InChI=1S/C12H16BrF2NO2S/c1-8(13)7-9(2)16-10-3-5-11(6-4-10)19(17,18)12(14)15/h3-6,8-9,12,16H,7H2,1-2H3. The third kappa shape index (κ3) is 4.72. The van der Waals surface area contributed by atoms with Crippen molar-refractivity contribution in [1.82, 2.24) is 0 Å². The van der Waals surface area contributed by atoms with E-state index in [1.165, 1.54) is 24.3 Å². The minimum atomic E-state index is -4.51. The second kappa shape index (κ2) is 6.65. The van der Waals surface area contributed by atoms with E-state index >= 15 is 0 Å². The maximum Gasteiger partial charge on any atom is 0.341 e. The molecule has 0 aliphatic heterocycles. The molecule has 0 saturated heterocycles. The molecule has 0 bridgehead atoms. The average Bonchev–Trinajstić information content (AvgIpc) is 2.28. The number of hydrogen-bond acceptors (Lipinski definition) is 3. The third-order valence-corrected chi connectivity index (χ3v) is 4.28. The van der Waals surface area contributed by atoms with Gasteiger partial charge in [0.05, 0.1) is 4.90 Å². The fraction of sp³-hybridized carbons (Fsp3) is 0.500. The Kier molecular flexibility index (Phi) is 5.73. The van der Waals surface area contributed by atoms with E-state index in [9.17, 15) is 17.2 Å². The van der Waals surface area contributed by atoms with Gasteiger partial charge >= 0.3 is 5.76 Å². The van der Waals surface area contributed by atoms with Gasteiger partial charge in [-0.25, -0.2) is 8.42 Å². The molecule has 3 nitrogen and oxygen atoms in total. The van der Waals surface area contributed by atoms with Crippen LogP contribution in [0, 0.1) is 0 Å². The van der Waals surface area contributed by atoms with Crippen LogP contribution in [0.5, 0.6) is 0 Å². The van der Waals surface area contributed by atoms with Gasteiger partial charge in [-0.15, -0.1) is 0 Å². The van der Waals surface area contributed by atoms with E-state index in [0.29, 0.717) is 10.5 Å². The van der Waals surface area contributed by atoms with E-state index in [2.05, 4.69) is 21.2 Å². The number of alkyl halides is 3. The Bertz CT molecular complexity index is 503. The van der Waals surface area contributed by atoms with Crippen molar-refractivity contribution in [2.24, 2.45) is 0 Å². The van der Waals surface area contributed by atoms with Crippen LogP contribution in [0.15, 0.2) is 29.2 Å². The fourth-order valence-corrected chi connectivity index (χ4v) is 2.96. The van der Waals surface area contributed by atoms with Crippen LogP contribution in [0.3, 0.4) is 0 Å². The van der Waals surface area contributed by atoms with Crippen molar-refractivity contribution < 1.29 is 17.2 Å². The van der Waals surface area contributed by atoms with Crippen LogP contribution in [-0.4, -0.2) is 25.0 Å². The number of nitrogens with one attached hydrogen (secondary N) is 1. The third-order valence-electron chi connectivity index (χ3n) is 2.51. The summed E-state index contributed by atoms with van der Waals surface area (Å²) in [6.45, 7) is 4.01. The summed E-state index contributed by atoms with van der Waals surface area (Å²) in [5.41, 5.74) is 0.703. The predicted molar refractivity (Wildman–Crippen MR) is 75.7 cm³/mol. The van der Waals surface area contributed by atoms with Gasteiger partial charge in [0.25, 0.3) is 0 Å². The summed E-state index contributed by atoms with van der Waals surface area (Å²) < 4.78 is 47.2. The molecular formula is C12H16BrF2NO2S. The molecule has 108 valence electrons. The number of benzene rings is 1. The average molecular weight is 356 g/mol. The summed E-state index contributed by atoms with van der Waals surface area (Å²) in [7, 11) is -4.51. The smallest absolute Gasteiger partial charge is 0.341 e. The summed E-state index contributed by atoms with van der Waals surface area (Å²) in [4.78, 5) is -0.0111. The molecule has 19 heavy (non-hydrogen) atoms. The second-order valence-electron chi connectivity index (χ2n) is 4.39. The lowest BCUT2D eigenvalue weighted by Gasteiger charge is -2.16. The van der Waals surface area contributed by atoms with Crippen LogP contribution < -0.4 is 5.32 Å². The molecule has 2 atom stereocenters. The van der Waals surface area contributed by atoms with Crippen molar-refractivity contribution in [3.05, 3.63) is 24.3 Å². The molecule has 1 aromatic rings. The number of halogens is 3. The van der Waals surface area contributed by atoms with Gasteiger partial charge in [0.15, 0.2) is 0 Å². The van der Waals surface area contributed by atoms with Crippen molar-refractivity contribution in [2.75, 3.05) is 5.32 Å². The van der Waals surface area contributed by atoms with Crippen molar-refractivity contribution >= 4 is 31.5 Å². The van der Waals surface area contributed by atoms with Gasteiger partial charge in [-0.1, -0.05) is 22.9 Å². The zero-order valence-corrected chi connectivity index (χ0v) is 13.0. The van der Waals surface area contributed by atoms with Crippen LogP contribution in [0.2, 0.25) is 0 Å². The van der Waals surface area contributed by atoms with Gasteiger partial charge < -0.3 is 5.32 Å². The first-order chi connectivity index (χ1) is 8.73. The molecule has 7 heteroatoms. The first kappa shape index (κ1) is 16.4. The van der Waals surface area contributed by atoms with Crippen LogP contribution in [0.25, 0.3) is 0 Å². The van der Waals surface area contributed by atoms with E-state index in [1.807, 2.05) is 13.8 Å². The summed E-state index contributed by atoms with van der Waals surface area (Å²) in [6, 6.07) is 5.55. The van der Waals surface area contributed by atoms with Crippen molar-refractivity contribution in [3.8, 4) is 0 Å². The molecule has 0 aliphatic carbocycles. The Morgan fingerprint density at radius 1 is 1.21 bits per heavy atom. The Morgan fingerprint density at radius 3 is 2.16 bits per heavy atom. The highest BCUT2D eigenvalue weighted by molar-refractivity contribution is 9.09. The highest BCUT2D eigenvalue weighted by Crippen LogP contribution is 2.21. The SMILES string of the molecule is CC(Br)CC(C)Nc1ccc(S(=O)(=O)C(F)F)cc1. The van der Waals surface area contributed by atoms with E-state index in [-0.39, 0.29) is 10.9 Å². The van der Waals surface area contributed by atoms with Crippen LogP contribution >= 0.6 is 15.9 Å². The van der Waals surface area contributed by atoms with Crippen molar-refractivity contribution in [2.45, 2.75) is 41.8 Å². The maximum atomic E-state index is 12.3. The molecule has 0 heterocycles. The Hall–Kier alpha value is -0.690. The monoisotopic (exact) mass is 355 g/mol. The van der Waals surface area contributed by atoms with E-state index in [1.54, 1.807) is 0 Å². The summed E-state index contributed by atoms with van der Waals surface area (Å²) >= 11 is 3.44. The molecule has 2 unspecified atom stereocenters. The number of anilines is 1. The Labute approximate surface area is 120 Å². The molecule has 0 amide bonds. The molecule has 0 spiro atoms. The molecule has 1 rings (SSSR count). The first-order valence-electron chi connectivity index (χ1n) is 5.76. The maximum absolute atomic E-state index is 12.3.